The Morgan fingerprint density at radius 3 is 1.13 bits per heavy atom. The summed E-state index contributed by atoms with van der Waals surface area (Å²) in [5.74, 6) is 1.89. The Kier molecular flexibility index (Phi) is 10.5. The van der Waals surface area contributed by atoms with E-state index in [-0.39, 0.29) is 0 Å². The maximum absolute atomic E-state index is 5.05. The second-order valence-electron chi connectivity index (χ2n) is 16.9. The number of nitrogens with zero attached hydrogens (tertiary/aromatic N) is 5. The SMILES string of the molecule is c1ccc(-c2ccc(N(c3ccc(-c4ccccc4)cc3)c3cc(-c4ccc(-c5nc(-c6ccccc6)nc(-c6ccccc6)n5)cc4)c4c5ccccc5n(-c5ccccc5)c4c3)cc2)cc1. The van der Waals surface area contributed by atoms with Crippen molar-refractivity contribution in [2.24, 2.45) is 0 Å². The molecule has 12 aromatic rings. The van der Waals surface area contributed by atoms with E-state index in [4.69, 9.17) is 15.0 Å². The number of aromatic nitrogens is 4. The Morgan fingerprint density at radius 1 is 0.279 bits per heavy atom. The topological polar surface area (TPSA) is 46.8 Å². The molecule has 0 atom stereocenters. The third kappa shape index (κ3) is 7.68. The fourth-order valence-electron chi connectivity index (χ4n) is 9.34. The van der Waals surface area contributed by atoms with E-state index in [0.29, 0.717) is 17.5 Å². The zero-order valence-electron chi connectivity index (χ0n) is 37.1. The summed E-state index contributed by atoms with van der Waals surface area (Å²) in [6.07, 6.45) is 0. The lowest BCUT2D eigenvalue weighted by molar-refractivity contribution is 1.07. The van der Waals surface area contributed by atoms with Crippen molar-refractivity contribution in [3.8, 4) is 73.2 Å². The average molecular weight is 870 g/mol. The van der Waals surface area contributed by atoms with Crippen molar-refractivity contribution < 1.29 is 0 Å². The van der Waals surface area contributed by atoms with Gasteiger partial charge in [0.05, 0.1) is 11.0 Å². The number of fused-ring (bicyclic) bond motifs is 3. The Balaban J connectivity index is 1.06. The predicted molar refractivity (Wildman–Crippen MR) is 281 cm³/mol. The van der Waals surface area contributed by atoms with Gasteiger partial charge in [-0.15, -0.1) is 0 Å². The summed E-state index contributed by atoms with van der Waals surface area (Å²) < 4.78 is 2.41. The van der Waals surface area contributed by atoms with Crippen LogP contribution in [0.15, 0.2) is 261 Å². The third-order valence-electron chi connectivity index (χ3n) is 12.6. The van der Waals surface area contributed by atoms with Gasteiger partial charge in [0.15, 0.2) is 17.5 Å². The van der Waals surface area contributed by atoms with E-state index >= 15 is 0 Å². The zero-order chi connectivity index (χ0) is 45.2. The molecule has 0 amide bonds. The third-order valence-corrected chi connectivity index (χ3v) is 12.6. The highest BCUT2D eigenvalue weighted by molar-refractivity contribution is 6.17. The van der Waals surface area contributed by atoms with Gasteiger partial charge in [-0.1, -0.05) is 206 Å². The molecule has 0 unspecified atom stereocenters. The van der Waals surface area contributed by atoms with Crippen LogP contribution in [-0.4, -0.2) is 19.5 Å². The van der Waals surface area contributed by atoms with E-state index in [9.17, 15) is 0 Å². The Hall–Kier alpha value is -9.19. The van der Waals surface area contributed by atoms with Crippen LogP contribution in [-0.2, 0) is 0 Å². The van der Waals surface area contributed by atoms with E-state index in [1.165, 1.54) is 33.0 Å². The van der Waals surface area contributed by atoms with E-state index in [2.05, 4.69) is 210 Å². The highest BCUT2D eigenvalue weighted by Gasteiger charge is 2.22. The molecule has 0 bridgehead atoms. The van der Waals surface area contributed by atoms with Gasteiger partial charge in [-0.2, -0.15) is 0 Å². The molecule has 0 spiro atoms. The molecule has 5 nitrogen and oxygen atoms in total. The normalized spacial score (nSPS) is 11.2. The van der Waals surface area contributed by atoms with Crippen LogP contribution in [0.4, 0.5) is 17.1 Å². The van der Waals surface area contributed by atoms with Crippen LogP contribution in [0.2, 0.25) is 0 Å². The molecule has 0 fully saturated rings. The lowest BCUT2D eigenvalue weighted by atomic mass is 9.96. The summed E-state index contributed by atoms with van der Waals surface area (Å²) in [6.45, 7) is 0. The molecule has 0 aliphatic heterocycles. The highest BCUT2D eigenvalue weighted by atomic mass is 15.1. The summed E-state index contributed by atoms with van der Waals surface area (Å²) in [7, 11) is 0. The van der Waals surface area contributed by atoms with E-state index in [1.54, 1.807) is 0 Å². The zero-order valence-corrected chi connectivity index (χ0v) is 37.1. The lowest BCUT2D eigenvalue weighted by Crippen LogP contribution is -2.10. The molecular weight excluding hydrogens is 827 g/mol. The minimum absolute atomic E-state index is 0.618. The monoisotopic (exact) mass is 869 g/mol. The number of para-hydroxylation sites is 2. The maximum Gasteiger partial charge on any atom is 0.164 e. The van der Waals surface area contributed by atoms with Crippen LogP contribution in [0.25, 0.3) is 95.0 Å². The van der Waals surface area contributed by atoms with Crippen LogP contribution < -0.4 is 4.90 Å². The standard InChI is InChI=1S/C63H43N5/c1-6-18-44(19-7-1)46-34-38-53(39-35-46)67(54-40-36-47(37-41-54)45-20-8-2-9-21-45)55-42-57(60-56-28-16-17-29-58(56)68(59(60)43-55)52-26-14-5-15-27-52)48-30-32-51(33-31-48)63-65-61(49-22-10-3-11-23-49)64-62(66-63)50-24-12-4-13-25-50/h1-43H. The molecule has 5 heteroatoms. The fraction of sp³-hybridized carbons (Fsp3) is 0. The highest BCUT2D eigenvalue weighted by Crippen LogP contribution is 2.45. The number of anilines is 3. The number of hydrogen-bond donors (Lipinski definition) is 0. The first-order valence-corrected chi connectivity index (χ1v) is 22.9. The van der Waals surface area contributed by atoms with Crippen molar-refractivity contribution in [1.29, 1.82) is 0 Å². The van der Waals surface area contributed by atoms with E-state index in [1.807, 2.05) is 60.7 Å². The molecule has 2 heterocycles. The predicted octanol–water partition coefficient (Wildman–Crippen LogP) is 16.4. The molecule has 0 radical (unpaired) electrons. The van der Waals surface area contributed by atoms with Gasteiger partial charge in [0.1, 0.15) is 0 Å². The average Bonchev–Trinajstić information content (AvgIpc) is 3.76. The summed E-state index contributed by atoms with van der Waals surface area (Å²) in [5.41, 5.74) is 16.2. The van der Waals surface area contributed by atoms with Crippen LogP contribution in [0.5, 0.6) is 0 Å². The Morgan fingerprint density at radius 2 is 0.647 bits per heavy atom. The van der Waals surface area contributed by atoms with Crippen molar-refractivity contribution >= 4 is 38.9 Å². The molecule has 12 rings (SSSR count). The molecule has 320 valence electrons. The first kappa shape index (κ1) is 40.3. The second-order valence-corrected chi connectivity index (χ2v) is 16.9. The van der Waals surface area contributed by atoms with Gasteiger partial charge >= 0.3 is 0 Å². The van der Waals surface area contributed by atoms with E-state index in [0.717, 1.165) is 61.6 Å². The second kappa shape index (κ2) is 17.7. The lowest BCUT2D eigenvalue weighted by Gasteiger charge is -2.27. The fourth-order valence-corrected chi connectivity index (χ4v) is 9.34. The van der Waals surface area contributed by atoms with Gasteiger partial charge < -0.3 is 9.47 Å². The molecule has 0 saturated carbocycles. The van der Waals surface area contributed by atoms with Crippen molar-refractivity contribution in [3.63, 3.8) is 0 Å². The van der Waals surface area contributed by atoms with Gasteiger partial charge in [0.25, 0.3) is 0 Å². The first-order valence-electron chi connectivity index (χ1n) is 22.9. The Bertz CT molecular complexity index is 3530. The molecule has 10 aromatic carbocycles. The molecule has 2 aromatic heterocycles. The number of hydrogen-bond acceptors (Lipinski definition) is 4. The van der Waals surface area contributed by atoms with Gasteiger partial charge in [0.2, 0.25) is 0 Å². The van der Waals surface area contributed by atoms with Crippen molar-refractivity contribution in [1.82, 2.24) is 19.5 Å². The van der Waals surface area contributed by atoms with Crippen LogP contribution in [0, 0.1) is 0 Å². The summed E-state index contributed by atoms with van der Waals surface area (Å²) >= 11 is 0. The largest absolute Gasteiger partial charge is 0.310 e. The minimum atomic E-state index is 0.618. The Labute approximate surface area is 395 Å². The van der Waals surface area contributed by atoms with Crippen molar-refractivity contribution in [2.45, 2.75) is 0 Å². The van der Waals surface area contributed by atoms with E-state index < -0.39 is 0 Å². The maximum atomic E-state index is 5.05. The van der Waals surface area contributed by atoms with Crippen LogP contribution >= 0.6 is 0 Å². The molecule has 0 aliphatic carbocycles. The molecular formula is C63H43N5. The quantitative estimate of drug-likeness (QED) is 0.137. The van der Waals surface area contributed by atoms with Gasteiger partial charge in [-0.05, 0) is 88.0 Å². The minimum Gasteiger partial charge on any atom is -0.310 e. The number of benzene rings is 10. The molecule has 68 heavy (non-hydrogen) atoms. The summed E-state index contributed by atoms with van der Waals surface area (Å²) in [5, 5.41) is 2.36. The molecule has 0 saturated heterocycles. The van der Waals surface area contributed by atoms with Gasteiger partial charge in [-0.3, -0.25) is 0 Å². The summed E-state index contributed by atoms with van der Waals surface area (Å²) in [4.78, 5) is 17.4. The molecule has 0 aliphatic rings. The van der Waals surface area contributed by atoms with Crippen molar-refractivity contribution in [3.05, 3.63) is 261 Å². The van der Waals surface area contributed by atoms with Crippen LogP contribution in [0.3, 0.4) is 0 Å². The van der Waals surface area contributed by atoms with Gasteiger partial charge in [0, 0.05) is 50.2 Å². The van der Waals surface area contributed by atoms with Gasteiger partial charge in [-0.25, -0.2) is 15.0 Å². The van der Waals surface area contributed by atoms with Crippen LogP contribution in [0.1, 0.15) is 0 Å². The first-order chi connectivity index (χ1) is 33.7. The summed E-state index contributed by atoms with van der Waals surface area (Å²) in [6, 6.07) is 92.1. The smallest absolute Gasteiger partial charge is 0.164 e. The number of rotatable bonds is 10. The molecule has 0 N–H and O–H groups in total. The van der Waals surface area contributed by atoms with Crippen molar-refractivity contribution in [2.75, 3.05) is 4.90 Å².